The summed E-state index contributed by atoms with van der Waals surface area (Å²) in [7, 11) is 0. The van der Waals surface area contributed by atoms with E-state index in [4.69, 9.17) is 0 Å². The molecule has 1 nitrogen and oxygen atoms in total. The number of thiophene rings is 1. The Bertz CT molecular complexity index is 577. The van der Waals surface area contributed by atoms with Crippen molar-refractivity contribution in [1.82, 2.24) is 0 Å². The van der Waals surface area contributed by atoms with Crippen LogP contribution in [0, 0.1) is 9.39 Å². The number of Topliss-reactive ketones (excluding diaryl/α,β-unsaturated/α-hetero) is 1. The van der Waals surface area contributed by atoms with Gasteiger partial charge in [-0.15, -0.1) is 11.3 Å². The lowest BCUT2D eigenvalue weighted by atomic mass is 10.2. The van der Waals surface area contributed by atoms with E-state index in [1.165, 1.54) is 23.5 Å². The lowest BCUT2D eigenvalue weighted by Gasteiger charge is -2.01. The van der Waals surface area contributed by atoms with Crippen molar-refractivity contribution in [3.63, 3.8) is 0 Å². The number of halogens is 2. The molecule has 94 valence electrons. The maximum absolute atomic E-state index is 13.0. The molecule has 0 aliphatic carbocycles. The Morgan fingerprint density at radius 2 is 2.11 bits per heavy atom. The fourth-order valence-corrected chi connectivity index (χ4v) is 3.64. The van der Waals surface area contributed by atoms with E-state index >= 15 is 0 Å². The van der Waals surface area contributed by atoms with Gasteiger partial charge in [-0.3, -0.25) is 4.79 Å². The predicted octanol–water partition coefficient (Wildman–Crippen LogP) is 5.14. The van der Waals surface area contributed by atoms with E-state index in [1.54, 1.807) is 6.07 Å². The van der Waals surface area contributed by atoms with Crippen LogP contribution < -0.4 is 0 Å². The van der Waals surface area contributed by atoms with Crippen LogP contribution in [0.2, 0.25) is 0 Å². The molecule has 0 spiro atoms. The van der Waals surface area contributed by atoms with E-state index in [0.717, 1.165) is 25.3 Å². The van der Waals surface area contributed by atoms with Crippen molar-refractivity contribution in [2.45, 2.75) is 19.8 Å². The molecular formula is C14H12FIOS. The highest BCUT2D eigenvalue weighted by atomic mass is 127. The van der Waals surface area contributed by atoms with Crippen molar-refractivity contribution in [1.29, 1.82) is 0 Å². The SMILES string of the molecule is CCCC(=O)c1ccc(-c2ccc(F)cc2I)s1. The van der Waals surface area contributed by atoms with Crippen LogP contribution in [-0.2, 0) is 0 Å². The van der Waals surface area contributed by atoms with Gasteiger partial charge in [0.05, 0.1) is 4.88 Å². The van der Waals surface area contributed by atoms with Crippen LogP contribution in [0.1, 0.15) is 29.4 Å². The summed E-state index contributed by atoms with van der Waals surface area (Å²) in [5.41, 5.74) is 0.984. The van der Waals surface area contributed by atoms with E-state index in [1.807, 2.05) is 19.1 Å². The fourth-order valence-electron chi connectivity index (χ4n) is 1.67. The number of benzene rings is 1. The Hall–Kier alpha value is -0.750. The van der Waals surface area contributed by atoms with Gasteiger partial charge in [-0.25, -0.2) is 4.39 Å². The Morgan fingerprint density at radius 1 is 1.33 bits per heavy atom. The number of ketones is 1. The number of carbonyl (C=O) groups is 1. The molecule has 0 saturated carbocycles. The molecule has 0 radical (unpaired) electrons. The lowest BCUT2D eigenvalue weighted by Crippen LogP contribution is -1.93. The summed E-state index contributed by atoms with van der Waals surface area (Å²) >= 11 is 3.59. The average Bonchev–Trinajstić information content (AvgIpc) is 2.78. The maximum Gasteiger partial charge on any atom is 0.172 e. The van der Waals surface area contributed by atoms with E-state index in [9.17, 15) is 9.18 Å². The molecule has 0 atom stereocenters. The molecule has 0 fully saturated rings. The standard InChI is InChI=1S/C14H12FIOS/c1-2-3-12(17)14-7-6-13(18-14)10-5-4-9(15)8-11(10)16/h4-8H,2-3H2,1H3. The van der Waals surface area contributed by atoms with E-state index in [0.29, 0.717) is 6.42 Å². The largest absolute Gasteiger partial charge is 0.293 e. The molecule has 0 aliphatic rings. The van der Waals surface area contributed by atoms with Crippen LogP contribution >= 0.6 is 33.9 Å². The molecular weight excluding hydrogens is 362 g/mol. The smallest absolute Gasteiger partial charge is 0.172 e. The Kier molecular flexibility index (Phi) is 4.50. The first-order valence-corrected chi connectivity index (χ1v) is 7.59. The molecule has 0 amide bonds. The van der Waals surface area contributed by atoms with E-state index < -0.39 is 0 Å². The van der Waals surface area contributed by atoms with Gasteiger partial charge in [-0.1, -0.05) is 6.92 Å². The Balaban J connectivity index is 2.32. The van der Waals surface area contributed by atoms with Gasteiger partial charge in [0.15, 0.2) is 5.78 Å². The van der Waals surface area contributed by atoms with Gasteiger partial charge in [-0.2, -0.15) is 0 Å². The minimum Gasteiger partial charge on any atom is -0.293 e. The molecule has 0 aliphatic heterocycles. The van der Waals surface area contributed by atoms with Gasteiger partial charge in [0.2, 0.25) is 0 Å². The van der Waals surface area contributed by atoms with Crippen molar-refractivity contribution in [2.75, 3.05) is 0 Å². The summed E-state index contributed by atoms with van der Waals surface area (Å²) in [6.45, 7) is 2.00. The highest BCUT2D eigenvalue weighted by Gasteiger charge is 2.11. The van der Waals surface area contributed by atoms with Crippen LogP contribution in [0.25, 0.3) is 10.4 Å². The molecule has 1 aromatic heterocycles. The molecule has 0 bridgehead atoms. The van der Waals surface area contributed by atoms with Gasteiger partial charge in [0, 0.05) is 20.4 Å². The van der Waals surface area contributed by atoms with E-state index in [2.05, 4.69) is 22.6 Å². The second-order valence-electron chi connectivity index (χ2n) is 3.96. The van der Waals surface area contributed by atoms with E-state index in [-0.39, 0.29) is 11.6 Å². The average molecular weight is 374 g/mol. The van der Waals surface area contributed by atoms with Crippen molar-refractivity contribution in [3.05, 3.63) is 44.6 Å². The lowest BCUT2D eigenvalue weighted by molar-refractivity contribution is 0.0985. The number of hydrogen-bond donors (Lipinski definition) is 0. The second kappa shape index (κ2) is 5.93. The Labute approximate surface area is 123 Å². The van der Waals surface area contributed by atoms with Gasteiger partial charge >= 0.3 is 0 Å². The molecule has 1 aromatic carbocycles. The third-order valence-corrected chi connectivity index (χ3v) is 4.61. The first-order chi connectivity index (χ1) is 8.61. The van der Waals surface area contributed by atoms with Crippen molar-refractivity contribution >= 4 is 39.7 Å². The number of carbonyl (C=O) groups excluding carboxylic acids is 1. The minimum absolute atomic E-state index is 0.186. The van der Waals surface area contributed by atoms with Crippen LogP contribution in [0.15, 0.2) is 30.3 Å². The Morgan fingerprint density at radius 3 is 2.78 bits per heavy atom. The van der Waals surface area contributed by atoms with Crippen LogP contribution in [0.3, 0.4) is 0 Å². The summed E-state index contributed by atoms with van der Waals surface area (Å²) in [5, 5.41) is 0. The van der Waals surface area contributed by atoms with Crippen LogP contribution in [-0.4, -0.2) is 5.78 Å². The monoisotopic (exact) mass is 374 g/mol. The van der Waals surface area contributed by atoms with Gasteiger partial charge in [0.1, 0.15) is 5.82 Å². The zero-order valence-corrected chi connectivity index (χ0v) is 12.8. The molecule has 18 heavy (non-hydrogen) atoms. The zero-order valence-electron chi connectivity index (χ0n) is 9.87. The zero-order chi connectivity index (χ0) is 13.1. The first kappa shape index (κ1) is 13.7. The molecule has 0 N–H and O–H groups in total. The van der Waals surface area contributed by atoms with Crippen LogP contribution in [0.5, 0.6) is 0 Å². The molecule has 1 heterocycles. The number of hydrogen-bond acceptors (Lipinski definition) is 2. The third-order valence-electron chi connectivity index (χ3n) is 2.55. The summed E-state index contributed by atoms with van der Waals surface area (Å²) in [5.74, 6) is -0.0483. The molecule has 4 heteroatoms. The number of rotatable bonds is 4. The van der Waals surface area contributed by atoms with Crippen molar-refractivity contribution in [2.24, 2.45) is 0 Å². The highest BCUT2D eigenvalue weighted by Crippen LogP contribution is 2.32. The maximum atomic E-state index is 13.0. The molecule has 2 aromatic rings. The second-order valence-corrected chi connectivity index (χ2v) is 6.21. The summed E-state index contributed by atoms with van der Waals surface area (Å²) in [6, 6.07) is 8.51. The summed E-state index contributed by atoms with van der Waals surface area (Å²) in [6.07, 6.45) is 1.45. The predicted molar refractivity (Wildman–Crippen MR) is 81.7 cm³/mol. The van der Waals surface area contributed by atoms with Crippen LogP contribution in [0.4, 0.5) is 4.39 Å². The first-order valence-electron chi connectivity index (χ1n) is 5.70. The third kappa shape index (κ3) is 2.98. The topological polar surface area (TPSA) is 17.1 Å². The summed E-state index contributed by atoms with van der Waals surface area (Å²) in [4.78, 5) is 13.6. The quantitative estimate of drug-likeness (QED) is 0.535. The molecule has 2 rings (SSSR count). The normalized spacial score (nSPS) is 10.6. The minimum atomic E-state index is -0.234. The van der Waals surface area contributed by atoms with Crippen molar-refractivity contribution in [3.8, 4) is 10.4 Å². The van der Waals surface area contributed by atoms with Gasteiger partial charge in [-0.05, 0) is 59.3 Å². The summed E-state index contributed by atoms with van der Waals surface area (Å²) < 4.78 is 13.9. The van der Waals surface area contributed by atoms with Crippen molar-refractivity contribution < 1.29 is 9.18 Å². The fraction of sp³-hybridized carbons (Fsp3) is 0.214. The highest BCUT2D eigenvalue weighted by molar-refractivity contribution is 14.1. The van der Waals surface area contributed by atoms with Gasteiger partial charge < -0.3 is 0 Å². The van der Waals surface area contributed by atoms with Gasteiger partial charge in [0.25, 0.3) is 0 Å². The molecule has 0 unspecified atom stereocenters. The molecule has 0 saturated heterocycles.